The van der Waals surface area contributed by atoms with E-state index in [2.05, 4.69) is 10.5 Å². The summed E-state index contributed by atoms with van der Waals surface area (Å²) in [5.74, 6) is -0.518. The van der Waals surface area contributed by atoms with E-state index in [1.807, 2.05) is 18.2 Å². The number of aromatic nitrogens is 1. The van der Waals surface area contributed by atoms with Crippen molar-refractivity contribution < 1.29 is 18.8 Å². The molecule has 3 rings (SSSR count). The summed E-state index contributed by atoms with van der Waals surface area (Å²) in [5, 5.41) is 6.77. The summed E-state index contributed by atoms with van der Waals surface area (Å²) in [7, 11) is 0. The van der Waals surface area contributed by atoms with Gasteiger partial charge in [0.2, 0.25) is 6.10 Å². The summed E-state index contributed by atoms with van der Waals surface area (Å²) >= 11 is 0. The molecule has 6 nitrogen and oxygen atoms in total. The minimum Gasteiger partial charge on any atom is -0.444 e. The van der Waals surface area contributed by atoms with Crippen molar-refractivity contribution in [2.45, 2.75) is 51.7 Å². The zero-order valence-electron chi connectivity index (χ0n) is 14.5. The maximum Gasteiger partial charge on any atom is 0.344 e. The van der Waals surface area contributed by atoms with Gasteiger partial charge in [-0.15, -0.1) is 0 Å². The monoisotopic (exact) mass is 342 g/mol. The highest BCUT2D eigenvalue weighted by atomic mass is 16.6. The molecule has 0 bridgehead atoms. The topological polar surface area (TPSA) is 81.4 Å². The Labute approximate surface area is 146 Å². The number of rotatable bonds is 5. The summed E-state index contributed by atoms with van der Waals surface area (Å²) in [5.41, 5.74) is 1.36. The van der Waals surface area contributed by atoms with Gasteiger partial charge in [-0.05, 0) is 26.7 Å². The van der Waals surface area contributed by atoms with E-state index in [0.29, 0.717) is 17.0 Å². The molecule has 0 saturated heterocycles. The van der Waals surface area contributed by atoms with E-state index in [0.717, 1.165) is 25.7 Å². The average Bonchev–Trinajstić information content (AvgIpc) is 3.23. The first-order valence-electron chi connectivity index (χ1n) is 8.55. The quantitative estimate of drug-likeness (QED) is 0.844. The molecule has 1 N–H and O–H groups in total. The van der Waals surface area contributed by atoms with Gasteiger partial charge in [-0.2, -0.15) is 0 Å². The Hall–Kier alpha value is -2.63. The fraction of sp³-hybridized carbons (Fsp3) is 0.421. The lowest BCUT2D eigenvalue weighted by Crippen LogP contribution is -2.38. The zero-order valence-corrected chi connectivity index (χ0v) is 14.5. The first kappa shape index (κ1) is 17.2. The molecule has 1 aromatic carbocycles. The first-order valence-corrected chi connectivity index (χ1v) is 8.55. The maximum absolute atomic E-state index is 12.7. The Kier molecular flexibility index (Phi) is 5.16. The van der Waals surface area contributed by atoms with Crippen LogP contribution in [-0.4, -0.2) is 23.1 Å². The van der Waals surface area contributed by atoms with E-state index in [1.54, 1.807) is 26.0 Å². The van der Waals surface area contributed by atoms with E-state index < -0.39 is 12.1 Å². The van der Waals surface area contributed by atoms with E-state index in [9.17, 15) is 9.59 Å². The van der Waals surface area contributed by atoms with Gasteiger partial charge in [-0.3, -0.25) is 4.79 Å². The highest BCUT2D eigenvalue weighted by Crippen LogP contribution is 2.24. The van der Waals surface area contributed by atoms with E-state index in [-0.39, 0.29) is 17.5 Å². The molecule has 1 amide bonds. The lowest BCUT2D eigenvalue weighted by Gasteiger charge is -2.20. The molecule has 1 atom stereocenters. The third kappa shape index (κ3) is 3.90. The van der Waals surface area contributed by atoms with Gasteiger partial charge in [0.25, 0.3) is 5.91 Å². The van der Waals surface area contributed by atoms with Gasteiger partial charge >= 0.3 is 5.97 Å². The minimum absolute atomic E-state index is 0.150. The average molecular weight is 342 g/mol. The van der Waals surface area contributed by atoms with Crippen LogP contribution < -0.4 is 5.32 Å². The summed E-state index contributed by atoms with van der Waals surface area (Å²) in [4.78, 5) is 25.3. The van der Waals surface area contributed by atoms with Gasteiger partial charge in [0.05, 0.1) is 5.69 Å². The Morgan fingerprint density at radius 3 is 2.48 bits per heavy atom. The molecule has 2 aromatic rings. The van der Waals surface area contributed by atoms with Crippen molar-refractivity contribution in [1.82, 2.24) is 10.5 Å². The van der Waals surface area contributed by atoms with Crippen LogP contribution in [0.25, 0.3) is 0 Å². The highest BCUT2D eigenvalue weighted by Gasteiger charge is 2.30. The number of ether oxygens (including phenoxy) is 1. The van der Waals surface area contributed by atoms with Crippen LogP contribution in [0.1, 0.15) is 59.2 Å². The van der Waals surface area contributed by atoms with Gasteiger partial charge in [0, 0.05) is 11.6 Å². The van der Waals surface area contributed by atoms with Crippen LogP contribution in [0.4, 0.5) is 0 Å². The molecule has 1 fully saturated rings. The number of carbonyl (C=O) groups excluding carboxylic acids is 2. The van der Waals surface area contributed by atoms with Crippen LogP contribution in [0.2, 0.25) is 0 Å². The van der Waals surface area contributed by atoms with Crippen molar-refractivity contribution >= 4 is 11.9 Å². The zero-order chi connectivity index (χ0) is 17.8. The van der Waals surface area contributed by atoms with E-state index in [4.69, 9.17) is 9.26 Å². The van der Waals surface area contributed by atoms with Crippen molar-refractivity contribution in [3.63, 3.8) is 0 Å². The van der Waals surface area contributed by atoms with Crippen LogP contribution in [0.5, 0.6) is 0 Å². The Balaban J connectivity index is 1.81. The van der Waals surface area contributed by atoms with Crippen LogP contribution in [0.3, 0.4) is 0 Å². The van der Waals surface area contributed by atoms with Gasteiger partial charge in [0.1, 0.15) is 11.3 Å². The SMILES string of the molecule is Cc1noc(C)c1C(=O)OC(C(=O)NC1CCCC1)c1ccccc1. The fourth-order valence-electron chi connectivity index (χ4n) is 3.19. The third-order valence-corrected chi connectivity index (χ3v) is 4.50. The van der Waals surface area contributed by atoms with Crippen molar-refractivity contribution in [1.29, 1.82) is 0 Å². The number of aryl methyl sites for hydroxylation is 2. The Bertz CT molecular complexity index is 729. The number of amides is 1. The molecule has 1 unspecified atom stereocenters. The molecule has 132 valence electrons. The largest absolute Gasteiger partial charge is 0.444 e. The smallest absolute Gasteiger partial charge is 0.344 e. The second-order valence-electron chi connectivity index (χ2n) is 6.39. The number of hydrogen-bond acceptors (Lipinski definition) is 5. The van der Waals surface area contributed by atoms with Gasteiger partial charge < -0.3 is 14.6 Å². The van der Waals surface area contributed by atoms with Crippen molar-refractivity contribution in [2.75, 3.05) is 0 Å². The maximum atomic E-state index is 12.7. The fourth-order valence-corrected chi connectivity index (χ4v) is 3.19. The van der Waals surface area contributed by atoms with Gasteiger partial charge in [0.15, 0.2) is 0 Å². The minimum atomic E-state index is -0.997. The lowest BCUT2D eigenvalue weighted by atomic mass is 10.1. The van der Waals surface area contributed by atoms with Crippen LogP contribution in [-0.2, 0) is 9.53 Å². The summed E-state index contributed by atoms with van der Waals surface area (Å²) in [6, 6.07) is 9.19. The van der Waals surface area contributed by atoms with E-state index in [1.165, 1.54) is 0 Å². The molecule has 0 radical (unpaired) electrons. The van der Waals surface area contributed by atoms with Crippen LogP contribution >= 0.6 is 0 Å². The standard InChI is InChI=1S/C19H22N2O4/c1-12-16(13(2)25-21-12)19(23)24-17(14-8-4-3-5-9-14)18(22)20-15-10-6-7-11-15/h3-5,8-9,15,17H,6-7,10-11H2,1-2H3,(H,20,22). The Morgan fingerprint density at radius 1 is 1.20 bits per heavy atom. The molecule has 0 aliphatic heterocycles. The molecular weight excluding hydrogens is 320 g/mol. The summed E-state index contributed by atoms with van der Waals surface area (Å²) in [6.45, 7) is 3.32. The third-order valence-electron chi connectivity index (χ3n) is 4.50. The van der Waals surface area contributed by atoms with Gasteiger partial charge in [-0.25, -0.2) is 4.79 Å². The molecule has 6 heteroatoms. The van der Waals surface area contributed by atoms with Crippen molar-refractivity contribution in [3.8, 4) is 0 Å². The second kappa shape index (κ2) is 7.51. The molecule has 0 spiro atoms. The molecule has 1 aromatic heterocycles. The first-order chi connectivity index (χ1) is 12.1. The molecule has 1 saturated carbocycles. The number of hydrogen-bond donors (Lipinski definition) is 1. The number of carbonyl (C=O) groups is 2. The van der Waals surface area contributed by atoms with Crippen molar-refractivity contribution in [2.24, 2.45) is 0 Å². The second-order valence-corrected chi connectivity index (χ2v) is 6.39. The number of esters is 1. The molecule has 1 aliphatic rings. The number of nitrogens with zero attached hydrogens (tertiary/aromatic N) is 1. The lowest BCUT2D eigenvalue weighted by molar-refractivity contribution is -0.131. The molecule has 1 heterocycles. The normalized spacial score (nSPS) is 15.8. The number of benzene rings is 1. The summed E-state index contributed by atoms with van der Waals surface area (Å²) in [6.07, 6.45) is 3.15. The molecule has 1 aliphatic carbocycles. The van der Waals surface area contributed by atoms with Crippen LogP contribution in [0.15, 0.2) is 34.9 Å². The Morgan fingerprint density at radius 2 is 1.88 bits per heavy atom. The molecular formula is C19H22N2O4. The summed E-state index contributed by atoms with van der Waals surface area (Å²) < 4.78 is 10.6. The van der Waals surface area contributed by atoms with Gasteiger partial charge in [-0.1, -0.05) is 48.3 Å². The van der Waals surface area contributed by atoms with Crippen LogP contribution in [0, 0.1) is 13.8 Å². The predicted molar refractivity (Wildman–Crippen MR) is 91.0 cm³/mol. The van der Waals surface area contributed by atoms with Crippen molar-refractivity contribution in [3.05, 3.63) is 52.9 Å². The number of nitrogens with one attached hydrogen (secondary N) is 1. The predicted octanol–water partition coefficient (Wildman–Crippen LogP) is 3.25. The van der Waals surface area contributed by atoms with E-state index >= 15 is 0 Å². The highest BCUT2D eigenvalue weighted by molar-refractivity contribution is 5.94. The molecule has 25 heavy (non-hydrogen) atoms.